The van der Waals surface area contributed by atoms with Gasteiger partial charge < -0.3 is 14.7 Å². The molecule has 0 saturated carbocycles. The van der Waals surface area contributed by atoms with Gasteiger partial charge in [0.2, 0.25) is 0 Å². The van der Waals surface area contributed by atoms with E-state index < -0.39 is 5.97 Å². The Morgan fingerprint density at radius 1 is 1.07 bits per heavy atom. The van der Waals surface area contributed by atoms with Gasteiger partial charge in [-0.15, -0.1) is 0 Å². The lowest BCUT2D eigenvalue weighted by Gasteiger charge is -2.37. The summed E-state index contributed by atoms with van der Waals surface area (Å²) in [4.78, 5) is 27.7. The first-order valence-corrected chi connectivity index (χ1v) is 9.65. The molecule has 1 amide bonds. The zero-order valence-electron chi connectivity index (χ0n) is 16.1. The first kappa shape index (κ1) is 19.9. The van der Waals surface area contributed by atoms with E-state index in [9.17, 15) is 9.59 Å². The van der Waals surface area contributed by atoms with E-state index in [1.165, 1.54) is 0 Å². The molecule has 0 atom stereocenters. The normalized spacial score (nSPS) is 14.9. The van der Waals surface area contributed by atoms with E-state index >= 15 is 0 Å². The lowest BCUT2D eigenvalue weighted by molar-refractivity contribution is -0.139. The number of benzene rings is 2. The lowest BCUT2D eigenvalue weighted by atomic mass is 10.0. The number of nitrogens with zero attached hydrogens (tertiary/aromatic N) is 2. The number of likely N-dealkylation sites (N-methyl/N-ethyl adjacent to an activating group) is 1. The van der Waals surface area contributed by atoms with Crippen LogP contribution < -0.4 is 4.74 Å². The molecular weight excluding hydrogens is 356 g/mol. The summed E-state index contributed by atoms with van der Waals surface area (Å²) in [6.07, 6.45) is 1.57. The second-order valence-electron chi connectivity index (χ2n) is 6.92. The number of para-hydroxylation sites is 1. The van der Waals surface area contributed by atoms with Gasteiger partial charge in [-0.25, -0.2) is 0 Å². The van der Waals surface area contributed by atoms with Crippen molar-refractivity contribution in [1.82, 2.24) is 9.80 Å². The van der Waals surface area contributed by atoms with Gasteiger partial charge in [0.25, 0.3) is 5.91 Å². The molecule has 6 heteroatoms. The van der Waals surface area contributed by atoms with Crippen LogP contribution >= 0.6 is 0 Å². The maximum Gasteiger partial charge on any atom is 0.317 e. The van der Waals surface area contributed by atoms with Crippen LogP contribution in [0.5, 0.6) is 11.5 Å². The van der Waals surface area contributed by atoms with Crippen LogP contribution in [0.4, 0.5) is 0 Å². The van der Waals surface area contributed by atoms with Gasteiger partial charge in [0.15, 0.2) is 0 Å². The molecule has 1 fully saturated rings. The SMILES string of the molecule is CCN(CC(=O)O)C1CCN(C(=O)c2cccc(Oc3ccccc3)c2)CC1. The van der Waals surface area contributed by atoms with E-state index in [0.717, 1.165) is 18.6 Å². The van der Waals surface area contributed by atoms with Gasteiger partial charge in [0.05, 0.1) is 6.54 Å². The van der Waals surface area contributed by atoms with E-state index in [-0.39, 0.29) is 18.5 Å². The fraction of sp³-hybridized carbons (Fsp3) is 0.364. The van der Waals surface area contributed by atoms with Crippen molar-refractivity contribution in [3.8, 4) is 11.5 Å². The van der Waals surface area contributed by atoms with Gasteiger partial charge in [-0.05, 0) is 49.7 Å². The molecule has 0 bridgehead atoms. The largest absolute Gasteiger partial charge is 0.480 e. The second-order valence-corrected chi connectivity index (χ2v) is 6.92. The van der Waals surface area contributed by atoms with Crippen LogP contribution in [0.2, 0.25) is 0 Å². The molecule has 6 nitrogen and oxygen atoms in total. The van der Waals surface area contributed by atoms with Crippen molar-refractivity contribution in [2.45, 2.75) is 25.8 Å². The zero-order chi connectivity index (χ0) is 19.9. The number of rotatable bonds is 7. The molecule has 28 heavy (non-hydrogen) atoms. The molecule has 2 aromatic rings. The van der Waals surface area contributed by atoms with Crippen LogP contribution in [0.1, 0.15) is 30.1 Å². The summed E-state index contributed by atoms with van der Waals surface area (Å²) in [5.41, 5.74) is 0.602. The zero-order valence-corrected chi connectivity index (χ0v) is 16.1. The lowest BCUT2D eigenvalue weighted by Crippen LogP contribution is -2.48. The average molecular weight is 382 g/mol. The summed E-state index contributed by atoms with van der Waals surface area (Å²) in [6, 6.07) is 16.9. The van der Waals surface area contributed by atoms with Crippen LogP contribution in [-0.4, -0.2) is 59.0 Å². The van der Waals surface area contributed by atoms with Gasteiger partial charge in [0.1, 0.15) is 11.5 Å². The predicted octanol–water partition coefficient (Wildman–Crippen LogP) is 3.49. The summed E-state index contributed by atoms with van der Waals surface area (Å²) >= 11 is 0. The fourth-order valence-electron chi connectivity index (χ4n) is 3.61. The van der Waals surface area contributed by atoms with Crippen molar-refractivity contribution in [1.29, 1.82) is 0 Å². The third-order valence-corrected chi connectivity index (χ3v) is 5.07. The van der Waals surface area contributed by atoms with Crippen LogP contribution in [0, 0.1) is 0 Å². The number of hydrogen-bond acceptors (Lipinski definition) is 4. The molecule has 1 aliphatic rings. The van der Waals surface area contributed by atoms with Gasteiger partial charge >= 0.3 is 5.97 Å². The summed E-state index contributed by atoms with van der Waals surface area (Å²) < 4.78 is 5.82. The standard InChI is InChI=1S/C22H26N2O4/c1-2-23(16-21(25)26)18-11-13-24(14-12-18)22(27)17-7-6-10-20(15-17)28-19-8-4-3-5-9-19/h3-10,15,18H,2,11-14,16H2,1H3,(H,25,26). The van der Waals surface area contributed by atoms with E-state index in [4.69, 9.17) is 9.84 Å². The highest BCUT2D eigenvalue weighted by Crippen LogP contribution is 2.24. The molecule has 3 rings (SSSR count). The molecule has 148 valence electrons. The molecule has 1 saturated heterocycles. The summed E-state index contributed by atoms with van der Waals surface area (Å²) in [5.74, 6) is 0.533. The minimum Gasteiger partial charge on any atom is -0.480 e. The molecule has 2 aromatic carbocycles. The summed E-state index contributed by atoms with van der Waals surface area (Å²) in [5, 5.41) is 9.05. The summed E-state index contributed by atoms with van der Waals surface area (Å²) in [7, 11) is 0. The number of carboxylic acids is 1. The number of ether oxygens (including phenoxy) is 1. The van der Waals surface area contributed by atoms with E-state index in [2.05, 4.69) is 0 Å². The third-order valence-electron chi connectivity index (χ3n) is 5.07. The molecule has 1 N–H and O–H groups in total. The molecular formula is C22H26N2O4. The maximum atomic E-state index is 12.9. The molecule has 0 aliphatic carbocycles. The Labute approximate surface area is 165 Å². The van der Waals surface area contributed by atoms with Gasteiger partial charge in [-0.1, -0.05) is 31.2 Å². The highest BCUT2D eigenvalue weighted by molar-refractivity contribution is 5.94. The number of likely N-dealkylation sites (tertiary alicyclic amines) is 1. The number of hydrogen-bond donors (Lipinski definition) is 1. The Kier molecular flexibility index (Phi) is 6.66. The van der Waals surface area contributed by atoms with Crippen molar-refractivity contribution in [2.24, 2.45) is 0 Å². The number of carbonyl (C=O) groups is 2. The van der Waals surface area contributed by atoms with Crippen LogP contribution in [0.3, 0.4) is 0 Å². The Hall–Kier alpha value is -2.86. The number of carboxylic acid groups (broad SMARTS) is 1. The van der Waals surface area contributed by atoms with Crippen LogP contribution in [0.25, 0.3) is 0 Å². The molecule has 0 unspecified atom stereocenters. The summed E-state index contributed by atoms with van der Waals surface area (Å²) in [6.45, 7) is 3.98. The third kappa shape index (κ3) is 5.10. The number of piperidine rings is 1. The van der Waals surface area contributed by atoms with Crippen molar-refractivity contribution in [2.75, 3.05) is 26.2 Å². The fourth-order valence-corrected chi connectivity index (χ4v) is 3.61. The maximum absolute atomic E-state index is 12.9. The van der Waals surface area contributed by atoms with Gasteiger partial charge in [-0.3, -0.25) is 14.5 Å². The van der Waals surface area contributed by atoms with Gasteiger partial charge in [0, 0.05) is 24.7 Å². The Balaban J connectivity index is 1.61. The van der Waals surface area contributed by atoms with E-state index in [1.54, 1.807) is 12.1 Å². The molecule has 1 aliphatic heterocycles. The molecule has 0 spiro atoms. The quantitative estimate of drug-likeness (QED) is 0.794. The highest BCUT2D eigenvalue weighted by atomic mass is 16.5. The number of amides is 1. The topological polar surface area (TPSA) is 70.1 Å². The number of aliphatic carboxylic acids is 1. The van der Waals surface area contributed by atoms with Crippen molar-refractivity contribution in [3.63, 3.8) is 0 Å². The van der Waals surface area contributed by atoms with Gasteiger partial charge in [-0.2, -0.15) is 0 Å². The second kappa shape index (κ2) is 9.37. The Morgan fingerprint density at radius 2 is 1.75 bits per heavy atom. The van der Waals surface area contributed by atoms with Crippen molar-refractivity contribution >= 4 is 11.9 Å². The minimum absolute atomic E-state index is 0.0155. The van der Waals surface area contributed by atoms with Crippen molar-refractivity contribution < 1.29 is 19.4 Å². The van der Waals surface area contributed by atoms with Crippen molar-refractivity contribution in [3.05, 3.63) is 60.2 Å². The molecule has 0 aromatic heterocycles. The Bertz CT molecular complexity index is 801. The minimum atomic E-state index is -0.810. The predicted molar refractivity (Wildman–Crippen MR) is 107 cm³/mol. The van der Waals surface area contributed by atoms with Crippen LogP contribution in [-0.2, 0) is 4.79 Å². The average Bonchev–Trinajstić information content (AvgIpc) is 2.72. The first-order chi connectivity index (χ1) is 13.6. The van der Waals surface area contributed by atoms with E-state index in [0.29, 0.717) is 30.9 Å². The van der Waals surface area contributed by atoms with Crippen LogP contribution in [0.15, 0.2) is 54.6 Å². The highest BCUT2D eigenvalue weighted by Gasteiger charge is 2.27. The monoisotopic (exact) mass is 382 g/mol. The molecule has 0 radical (unpaired) electrons. The number of carbonyl (C=O) groups excluding carboxylic acids is 1. The first-order valence-electron chi connectivity index (χ1n) is 9.65. The Morgan fingerprint density at radius 3 is 2.39 bits per heavy atom. The van der Waals surface area contributed by atoms with E-state index in [1.807, 2.05) is 59.2 Å². The smallest absolute Gasteiger partial charge is 0.317 e. The molecule has 1 heterocycles.